The van der Waals surface area contributed by atoms with E-state index < -0.39 is 10.0 Å². The molecule has 6 heteroatoms. The highest BCUT2D eigenvalue weighted by Crippen LogP contribution is 2.21. The highest BCUT2D eigenvalue weighted by Gasteiger charge is 2.21. The summed E-state index contributed by atoms with van der Waals surface area (Å²) in [5, 5.41) is 0. The molecule has 1 fully saturated rings. The van der Waals surface area contributed by atoms with Crippen molar-refractivity contribution < 1.29 is 13.2 Å². The van der Waals surface area contributed by atoms with Gasteiger partial charge in [0, 0.05) is 19.6 Å². The summed E-state index contributed by atoms with van der Waals surface area (Å²) in [4.78, 5) is 2.61. The average Bonchev–Trinajstić information content (AvgIpc) is 2.36. The van der Waals surface area contributed by atoms with Crippen molar-refractivity contribution in [3.05, 3.63) is 28.8 Å². The lowest BCUT2D eigenvalue weighted by Crippen LogP contribution is -2.41. The number of hydrogen-bond acceptors (Lipinski definition) is 4. The fourth-order valence-electron chi connectivity index (χ4n) is 3.06. The van der Waals surface area contributed by atoms with Crippen LogP contribution in [0.5, 0.6) is 0 Å². The van der Waals surface area contributed by atoms with Gasteiger partial charge in [0.1, 0.15) is 0 Å². The maximum atomic E-state index is 12.5. The summed E-state index contributed by atoms with van der Waals surface area (Å²) in [5.41, 5.74) is 2.66. The van der Waals surface area contributed by atoms with Crippen molar-refractivity contribution in [2.24, 2.45) is 0 Å². The second-order valence-electron chi connectivity index (χ2n) is 6.17. The summed E-state index contributed by atoms with van der Waals surface area (Å²) in [6.07, 6.45) is 0.787. The molecule has 1 aliphatic rings. The first-order valence-corrected chi connectivity index (χ1v) is 9.15. The molecule has 0 aliphatic carbocycles. The van der Waals surface area contributed by atoms with E-state index in [4.69, 9.17) is 4.74 Å². The van der Waals surface area contributed by atoms with E-state index in [1.165, 1.54) is 0 Å². The molecule has 1 aromatic rings. The van der Waals surface area contributed by atoms with E-state index in [2.05, 4.69) is 16.7 Å². The monoisotopic (exact) mass is 326 g/mol. The molecule has 0 bridgehead atoms. The Kier molecular flexibility index (Phi) is 5.60. The molecule has 1 aromatic carbocycles. The number of likely N-dealkylation sites (N-methyl/N-ethyl adjacent to an activating group) is 1. The van der Waals surface area contributed by atoms with Crippen molar-refractivity contribution >= 4 is 10.0 Å². The quantitative estimate of drug-likeness (QED) is 0.893. The highest BCUT2D eigenvalue weighted by atomic mass is 32.2. The standard InChI is InChI=1S/C16H26N2O3S/c1-12-9-13(2)16(14(3)10-12)22(19,20)17-6-5-15-11-18(4)7-8-21-15/h9-10,15,17H,5-8,11H2,1-4H3. The lowest BCUT2D eigenvalue weighted by molar-refractivity contribution is -0.0222. The van der Waals surface area contributed by atoms with Crippen LogP contribution < -0.4 is 4.72 Å². The number of nitrogens with zero attached hydrogens (tertiary/aromatic N) is 1. The molecular weight excluding hydrogens is 300 g/mol. The van der Waals surface area contributed by atoms with Gasteiger partial charge in [0.15, 0.2) is 0 Å². The topological polar surface area (TPSA) is 58.6 Å². The molecule has 2 rings (SSSR count). The zero-order valence-electron chi connectivity index (χ0n) is 13.8. The minimum Gasteiger partial charge on any atom is -0.376 e. The summed E-state index contributed by atoms with van der Waals surface area (Å²) < 4.78 is 33.4. The summed E-state index contributed by atoms with van der Waals surface area (Å²) in [7, 11) is -1.42. The van der Waals surface area contributed by atoms with Gasteiger partial charge in [0.25, 0.3) is 0 Å². The number of nitrogens with one attached hydrogen (secondary N) is 1. The first-order chi connectivity index (χ1) is 10.3. The molecule has 5 nitrogen and oxygen atoms in total. The second-order valence-corrected chi connectivity index (χ2v) is 7.87. The van der Waals surface area contributed by atoms with Crippen molar-refractivity contribution in [1.82, 2.24) is 9.62 Å². The first-order valence-electron chi connectivity index (χ1n) is 7.67. The SMILES string of the molecule is Cc1cc(C)c(S(=O)(=O)NCCC2CN(C)CCO2)c(C)c1. The van der Waals surface area contributed by atoms with Crippen molar-refractivity contribution in [1.29, 1.82) is 0 Å². The van der Waals surface area contributed by atoms with Gasteiger partial charge in [-0.25, -0.2) is 13.1 Å². The lowest BCUT2D eigenvalue weighted by Gasteiger charge is -2.30. The van der Waals surface area contributed by atoms with Crippen LogP contribution in [0, 0.1) is 20.8 Å². The normalized spacial score (nSPS) is 20.3. The minimum atomic E-state index is -3.47. The Labute approximate surface area is 133 Å². The van der Waals surface area contributed by atoms with Gasteiger partial charge in [-0.15, -0.1) is 0 Å². The van der Waals surface area contributed by atoms with Crippen molar-refractivity contribution in [3.8, 4) is 0 Å². The van der Waals surface area contributed by atoms with E-state index in [1.807, 2.05) is 32.9 Å². The zero-order valence-corrected chi connectivity index (χ0v) is 14.7. The van der Waals surface area contributed by atoms with Crippen LogP contribution in [0.2, 0.25) is 0 Å². The molecule has 1 heterocycles. The van der Waals surface area contributed by atoms with Crippen molar-refractivity contribution in [2.45, 2.75) is 38.2 Å². The van der Waals surface area contributed by atoms with Crippen LogP contribution in [0.4, 0.5) is 0 Å². The molecule has 1 unspecified atom stereocenters. The third-order valence-corrected chi connectivity index (χ3v) is 5.74. The Morgan fingerprint density at radius 3 is 2.50 bits per heavy atom. The summed E-state index contributed by atoms with van der Waals surface area (Å²) in [5.74, 6) is 0. The van der Waals surface area contributed by atoms with Gasteiger partial charge in [-0.2, -0.15) is 0 Å². The summed E-state index contributed by atoms with van der Waals surface area (Å²) >= 11 is 0. The van der Waals surface area contributed by atoms with Gasteiger partial charge in [-0.1, -0.05) is 17.7 Å². The Hall–Kier alpha value is -0.950. The fourth-order valence-corrected chi connectivity index (χ4v) is 4.56. The summed E-state index contributed by atoms with van der Waals surface area (Å²) in [6.45, 7) is 8.55. The second kappa shape index (κ2) is 7.08. The Morgan fingerprint density at radius 2 is 1.91 bits per heavy atom. The maximum absolute atomic E-state index is 12.5. The fraction of sp³-hybridized carbons (Fsp3) is 0.625. The van der Waals surface area contributed by atoms with Crippen LogP contribution in [0.25, 0.3) is 0 Å². The third kappa shape index (κ3) is 4.29. The molecule has 0 saturated carbocycles. The molecule has 0 radical (unpaired) electrons. The van der Waals surface area contributed by atoms with Crippen LogP contribution in [-0.4, -0.2) is 52.7 Å². The van der Waals surface area contributed by atoms with Crippen LogP contribution in [0.3, 0.4) is 0 Å². The van der Waals surface area contributed by atoms with E-state index in [1.54, 1.807) is 0 Å². The molecule has 0 amide bonds. The molecule has 124 valence electrons. The number of sulfonamides is 1. The number of morpholine rings is 1. The number of aryl methyl sites for hydroxylation is 3. The van der Waals surface area contributed by atoms with Gasteiger partial charge in [0.05, 0.1) is 17.6 Å². The Bertz CT molecular complexity index is 605. The van der Waals surface area contributed by atoms with Crippen LogP contribution >= 0.6 is 0 Å². The number of hydrogen-bond donors (Lipinski definition) is 1. The van der Waals surface area contributed by atoms with Crippen LogP contribution in [0.15, 0.2) is 17.0 Å². The number of ether oxygens (including phenoxy) is 1. The number of benzene rings is 1. The zero-order chi connectivity index (χ0) is 16.3. The Morgan fingerprint density at radius 1 is 1.27 bits per heavy atom. The van der Waals surface area contributed by atoms with Crippen molar-refractivity contribution in [2.75, 3.05) is 33.3 Å². The van der Waals surface area contributed by atoms with E-state index >= 15 is 0 Å². The first kappa shape index (κ1) is 17.4. The molecule has 0 aromatic heterocycles. The number of rotatable bonds is 5. The van der Waals surface area contributed by atoms with Crippen LogP contribution in [0.1, 0.15) is 23.1 Å². The van der Waals surface area contributed by atoms with Gasteiger partial charge >= 0.3 is 0 Å². The molecule has 0 spiro atoms. The maximum Gasteiger partial charge on any atom is 0.241 e. The third-order valence-electron chi connectivity index (χ3n) is 3.97. The molecule has 1 saturated heterocycles. The van der Waals surface area contributed by atoms with Crippen LogP contribution in [-0.2, 0) is 14.8 Å². The average molecular weight is 326 g/mol. The molecular formula is C16H26N2O3S. The summed E-state index contributed by atoms with van der Waals surface area (Å²) in [6, 6.07) is 3.81. The van der Waals surface area contributed by atoms with E-state index in [0.717, 1.165) is 29.8 Å². The highest BCUT2D eigenvalue weighted by molar-refractivity contribution is 7.89. The molecule has 1 aliphatic heterocycles. The minimum absolute atomic E-state index is 0.0988. The van der Waals surface area contributed by atoms with Gasteiger partial charge < -0.3 is 9.64 Å². The molecule has 1 N–H and O–H groups in total. The van der Waals surface area contributed by atoms with Gasteiger partial charge in [-0.05, 0) is 45.4 Å². The predicted octanol–water partition coefficient (Wildman–Crippen LogP) is 1.61. The van der Waals surface area contributed by atoms with Crippen molar-refractivity contribution in [3.63, 3.8) is 0 Å². The van der Waals surface area contributed by atoms with Gasteiger partial charge in [-0.3, -0.25) is 0 Å². The van der Waals surface area contributed by atoms with E-state index in [0.29, 0.717) is 24.5 Å². The van der Waals surface area contributed by atoms with E-state index in [-0.39, 0.29) is 6.10 Å². The largest absolute Gasteiger partial charge is 0.376 e. The Balaban J connectivity index is 2.00. The van der Waals surface area contributed by atoms with E-state index in [9.17, 15) is 8.42 Å². The van der Waals surface area contributed by atoms with Gasteiger partial charge in [0.2, 0.25) is 10.0 Å². The lowest BCUT2D eigenvalue weighted by atomic mass is 10.1. The predicted molar refractivity (Wildman–Crippen MR) is 87.7 cm³/mol. The molecule has 1 atom stereocenters. The molecule has 22 heavy (non-hydrogen) atoms. The smallest absolute Gasteiger partial charge is 0.241 e.